The largest absolute Gasteiger partial charge is 0.378 e. The summed E-state index contributed by atoms with van der Waals surface area (Å²) in [5.74, 6) is -0.0183. The Kier molecular flexibility index (Phi) is 4.73. The number of nitrogens with two attached hydrogens (primary N) is 1. The summed E-state index contributed by atoms with van der Waals surface area (Å²) in [6, 6.07) is 7.59. The Labute approximate surface area is 108 Å². The van der Waals surface area contributed by atoms with Gasteiger partial charge in [0.1, 0.15) is 0 Å². The topological polar surface area (TPSA) is 64.3 Å². The smallest absolute Gasteiger partial charge is 0.226 e. The summed E-state index contributed by atoms with van der Waals surface area (Å²) in [5.41, 5.74) is 7.37. The Morgan fingerprint density at radius 3 is 2.83 bits per heavy atom. The van der Waals surface area contributed by atoms with Crippen molar-refractivity contribution >= 4 is 11.6 Å². The van der Waals surface area contributed by atoms with Gasteiger partial charge in [0.15, 0.2) is 0 Å². The van der Waals surface area contributed by atoms with E-state index >= 15 is 0 Å². The highest BCUT2D eigenvalue weighted by atomic mass is 16.5. The van der Waals surface area contributed by atoms with Crippen molar-refractivity contribution in [3.05, 3.63) is 29.8 Å². The molecule has 1 aliphatic carbocycles. The van der Waals surface area contributed by atoms with E-state index in [-0.39, 0.29) is 5.91 Å². The average molecular weight is 248 g/mol. The maximum Gasteiger partial charge on any atom is 0.226 e. The van der Waals surface area contributed by atoms with Gasteiger partial charge in [-0.1, -0.05) is 18.2 Å². The standard InChI is InChI=1S/C14H20N2O2/c15-10-11-4-1-2-7-13(11)16-14(17)8-9-18-12-5-3-6-12/h1-2,4,7,12H,3,5-6,8-10,15H2,(H,16,17). The average Bonchev–Trinajstić information content (AvgIpc) is 2.33. The lowest BCUT2D eigenvalue weighted by Gasteiger charge is -2.25. The molecule has 0 atom stereocenters. The number of anilines is 1. The number of nitrogens with one attached hydrogen (secondary N) is 1. The van der Waals surface area contributed by atoms with Crippen LogP contribution >= 0.6 is 0 Å². The maximum atomic E-state index is 11.7. The third-order valence-corrected chi connectivity index (χ3v) is 3.25. The van der Waals surface area contributed by atoms with E-state index in [1.165, 1.54) is 6.42 Å². The van der Waals surface area contributed by atoms with Crippen molar-refractivity contribution in [1.82, 2.24) is 0 Å². The molecule has 1 amide bonds. The number of rotatable bonds is 6. The summed E-state index contributed by atoms with van der Waals surface area (Å²) >= 11 is 0. The van der Waals surface area contributed by atoms with E-state index in [1.54, 1.807) is 0 Å². The second kappa shape index (κ2) is 6.52. The van der Waals surface area contributed by atoms with Crippen molar-refractivity contribution in [2.75, 3.05) is 11.9 Å². The molecule has 1 fully saturated rings. The fourth-order valence-corrected chi connectivity index (χ4v) is 1.89. The van der Waals surface area contributed by atoms with Gasteiger partial charge in [0.25, 0.3) is 0 Å². The highest BCUT2D eigenvalue weighted by Gasteiger charge is 2.17. The summed E-state index contributed by atoms with van der Waals surface area (Å²) in [7, 11) is 0. The molecule has 2 rings (SSSR count). The lowest BCUT2D eigenvalue weighted by Crippen LogP contribution is -2.24. The zero-order valence-corrected chi connectivity index (χ0v) is 10.5. The summed E-state index contributed by atoms with van der Waals surface area (Å²) in [5, 5.41) is 2.87. The van der Waals surface area contributed by atoms with Crippen LogP contribution in [-0.4, -0.2) is 18.6 Å². The molecule has 0 saturated heterocycles. The van der Waals surface area contributed by atoms with Gasteiger partial charge < -0.3 is 15.8 Å². The number of hydrogen-bond acceptors (Lipinski definition) is 3. The quantitative estimate of drug-likeness (QED) is 0.809. The van der Waals surface area contributed by atoms with Crippen LogP contribution in [0.25, 0.3) is 0 Å². The van der Waals surface area contributed by atoms with Crippen LogP contribution in [0.2, 0.25) is 0 Å². The van der Waals surface area contributed by atoms with Crippen LogP contribution < -0.4 is 11.1 Å². The first-order valence-electron chi connectivity index (χ1n) is 6.49. The van der Waals surface area contributed by atoms with Gasteiger partial charge in [-0.15, -0.1) is 0 Å². The molecular weight excluding hydrogens is 228 g/mol. The molecule has 0 bridgehead atoms. The van der Waals surface area contributed by atoms with Crippen LogP contribution in [0.1, 0.15) is 31.2 Å². The van der Waals surface area contributed by atoms with Crippen molar-refractivity contribution < 1.29 is 9.53 Å². The SMILES string of the molecule is NCc1ccccc1NC(=O)CCOC1CCC1. The Morgan fingerprint density at radius 1 is 1.39 bits per heavy atom. The van der Waals surface area contributed by atoms with E-state index in [0.29, 0.717) is 25.7 Å². The number of benzene rings is 1. The fourth-order valence-electron chi connectivity index (χ4n) is 1.89. The second-order valence-corrected chi connectivity index (χ2v) is 4.58. The van der Waals surface area contributed by atoms with Gasteiger partial charge in [-0.05, 0) is 30.9 Å². The zero-order chi connectivity index (χ0) is 12.8. The first-order valence-corrected chi connectivity index (χ1v) is 6.49. The predicted octanol–water partition coefficient (Wildman–Crippen LogP) is 2.04. The van der Waals surface area contributed by atoms with E-state index in [4.69, 9.17) is 10.5 Å². The number of ether oxygens (including phenoxy) is 1. The molecule has 0 radical (unpaired) electrons. The Hall–Kier alpha value is -1.39. The first-order chi connectivity index (χ1) is 8.79. The zero-order valence-electron chi connectivity index (χ0n) is 10.5. The maximum absolute atomic E-state index is 11.7. The minimum atomic E-state index is -0.0183. The minimum absolute atomic E-state index is 0.0183. The highest BCUT2D eigenvalue weighted by molar-refractivity contribution is 5.91. The molecule has 3 N–H and O–H groups in total. The van der Waals surface area contributed by atoms with Crippen LogP contribution in [0, 0.1) is 0 Å². The molecule has 1 aromatic carbocycles. The monoisotopic (exact) mass is 248 g/mol. The molecule has 98 valence electrons. The van der Waals surface area contributed by atoms with Crippen LogP contribution in [-0.2, 0) is 16.1 Å². The number of amides is 1. The summed E-state index contributed by atoms with van der Waals surface area (Å²) in [6.45, 7) is 0.927. The number of hydrogen-bond donors (Lipinski definition) is 2. The Bertz CT molecular complexity index is 403. The van der Waals surface area contributed by atoms with Gasteiger partial charge in [0.05, 0.1) is 19.1 Å². The van der Waals surface area contributed by atoms with Gasteiger partial charge >= 0.3 is 0 Å². The number of carbonyl (C=O) groups excluding carboxylic acids is 1. The van der Waals surface area contributed by atoms with E-state index in [2.05, 4.69) is 5.32 Å². The van der Waals surface area contributed by atoms with E-state index in [1.807, 2.05) is 24.3 Å². The molecule has 18 heavy (non-hydrogen) atoms. The van der Waals surface area contributed by atoms with Crippen molar-refractivity contribution in [2.45, 2.75) is 38.3 Å². The van der Waals surface area contributed by atoms with Gasteiger partial charge in [-0.2, -0.15) is 0 Å². The highest BCUT2D eigenvalue weighted by Crippen LogP contribution is 2.22. The lowest BCUT2D eigenvalue weighted by molar-refractivity contribution is -0.118. The van der Waals surface area contributed by atoms with Crippen molar-refractivity contribution in [3.63, 3.8) is 0 Å². The van der Waals surface area contributed by atoms with Crippen molar-refractivity contribution in [2.24, 2.45) is 5.73 Å². The minimum Gasteiger partial charge on any atom is -0.378 e. The van der Waals surface area contributed by atoms with Gasteiger partial charge in [-0.3, -0.25) is 4.79 Å². The van der Waals surface area contributed by atoms with Crippen LogP contribution in [0.15, 0.2) is 24.3 Å². The molecule has 1 aliphatic rings. The summed E-state index contributed by atoms with van der Waals surface area (Å²) < 4.78 is 5.56. The molecule has 4 heteroatoms. The third kappa shape index (κ3) is 3.55. The fraction of sp³-hybridized carbons (Fsp3) is 0.500. The second-order valence-electron chi connectivity index (χ2n) is 4.58. The number of para-hydroxylation sites is 1. The van der Waals surface area contributed by atoms with Crippen LogP contribution in [0.3, 0.4) is 0 Å². The summed E-state index contributed by atoms with van der Waals surface area (Å²) in [4.78, 5) is 11.7. The van der Waals surface area contributed by atoms with Gasteiger partial charge in [-0.25, -0.2) is 0 Å². The number of carbonyl (C=O) groups is 1. The molecule has 1 aromatic rings. The molecule has 4 nitrogen and oxygen atoms in total. The molecule has 0 aliphatic heterocycles. The Morgan fingerprint density at radius 2 is 2.17 bits per heavy atom. The van der Waals surface area contributed by atoms with Gasteiger partial charge in [0, 0.05) is 12.2 Å². The molecule has 0 heterocycles. The molecule has 0 unspecified atom stereocenters. The van der Waals surface area contributed by atoms with Crippen LogP contribution in [0.4, 0.5) is 5.69 Å². The molecule has 0 spiro atoms. The van der Waals surface area contributed by atoms with E-state index in [0.717, 1.165) is 24.1 Å². The summed E-state index contributed by atoms with van der Waals surface area (Å²) in [6.07, 6.45) is 4.31. The molecule has 0 aromatic heterocycles. The van der Waals surface area contributed by atoms with Crippen molar-refractivity contribution in [1.29, 1.82) is 0 Å². The van der Waals surface area contributed by atoms with Crippen molar-refractivity contribution in [3.8, 4) is 0 Å². The lowest BCUT2D eigenvalue weighted by atomic mass is 9.96. The van der Waals surface area contributed by atoms with Crippen LogP contribution in [0.5, 0.6) is 0 Å². The first kappa shape index (κ1) is 13.1. The molecule has 1 saturated carbocycles. The van der Waals surface area contributed by atoms with E-state index in [9.17, 15) is 4.79 Å². The normalized spacial score (nSPS) is 15.2. The Balaban J connectivity index is 1.75. The predicted molar refractivity (Wildman–Crippen MR) is 71.2 cm³/mol. The molecular formula is C14H20N2O2. The van der Waals surface area contributed by atoms with E-state index < -0.39 is 0 Å². The van der Waals surface area contributed by atoms with Gasteiger partial charge in [0.2, 0.25) is 5.91 Å². The third-order valence-electron chi connectivity index (χ3n) is 3.25.